The summed E-state index contributed by atoms with van der Waals surface area (Å²) >= 11 is 6.11. The standard InChI is InChI=1S/C16H12ClFN2/c1-10-13(17)3-2-4-14(10)20-16-7-8-19-15-6-5-11(18)9-12(15)16/h2-9H,1H3,(H,19,20). The van der Waals surface area contributed by atoms with Crippen molar-refractivity contribution in [1.29, 1.82) is 0 Å². The van der Waals surface area contributed by atoms with E-state index in [-0.39, 0.29) is 5.82 Å². The first-order valence-electron chi connectivity index (χ1n) is 6.21. The Morgan fingerprint density at radius 3 is 2.80 bits per heavy atom. The second kappa shape index (κ2) is 5.10. The van der Waals surface area contributed by atoms with Crippen molar-refractivity contribution in [2.75, 3.05) is 5.32 Å². The van der Waals surface area contributed by atoms with E-state index in [1.165, 1.54) is 12.1 Å². The van der Waals surface area contributed by atoms with E-state index in [1.54, 1.807) is 12.3 Å². The normalized spacial score (nSPS) is 10.8. The zero-order valence-electron chi connectivity index (χ0n) is 10.8. The highest BCUT2D eigenvalue weighted by Crippen LogP contribution is 2.29. The molecule has 2 aromatic carbocycles. The maximum atomic E-state index is 13.4. The van der Waals surface area contributed by atoms with Crippen molar-refractivity contribution in [2.24, 2.45) is 0 Å². The number of nitrogens with one attached hydrogen (secondary N) is 1. The maximum absolute atomic E-state index is 13.4. The molecule has 1 N–H and O–H groups in total. The largest absolute Gasteiger partial charge is 0.355 e. The number of nitrogens with zero attached hydrogens (tertiary/aromatic N) is 1. The average molecular weight is 287 g/mol. The SMILES string of the molecule is Cc1c(Cl)cccc1Nc1ccnc2ccc(F)cc12. The third-order valence-electron chi connectivity index (χ3n) is 3.24. The molecule has 3 rings (SSSR count). The molecule has 0 saturated carbocycles. The minimum Gasteiger partial charge on any atom is -0.355 e. The number of benzene rings is 2. The molecule has 0 spiro atoms. The van der Waals surface area contributed by atoms with E-state index in [4.69, 9.17) is 11.6 Å². The van der Waals surface area contributed by atoms with Gasteiger partial charge in [-0.2, -0.15) is 0 Å². The van der Waals surface area contributed by atoms with Crippen LogP contribution in [0.1, 0.15) is 5.56 Å². The molecular weight excluding hydrogens is 275 g/mol. The summed E-state index contributed by atoms with van der Waals surface area (Å²) < 4.78 is 13.4. The molecule has 2 nitrogen and oxygen atoms in total. The molecule has 0 saturated heterocycles. The zero-order valence-corrected chi connectivity index (χ0v) is 11.6. The highest BCUT2D eigenvalue weighted by molar-refractivity contribution is 6.31. The van der Waals surface area contributed by atoms with E-state index in [9.17, 15) is 4.39 Å². The van der Waals surface area contributed by atoms with Gasteiger partial charge in [-0.15, -0.1) is 0 Å². The van der Waals surface area contributed by atoms with Gasteiger partial charge < -0.3 is 5.32 Å². The van der Waals surface area contributed by atoms with E-state index < -0.39 is 0 Å². The molecule has 0 aliphatic heterocycles. The quantitative estimate of drug-likeness (QED) is 0.710. The van der Waals surface area contributed by atoms with Gasteiger partial charge in [0.25, 0.3) is 0 Å². The minimum atomic E-state index is -0.281. The molecule has 0 fully saturated rings. The lowest BCUT2D eigenvalue weighted by molar-refractivity contribution is 0.629. The summed E-state index contributed by atoms with van der Waals surface area (Å²) in [5.41, 5.74) is 3.40. The number of pyridine rings is 1. The van der Waals surface area contributed by atoms with Crippen LogP contribution in [-0.2, 0) is 0 Å². The molecular formula is C16H12ClFN2. The molecule has 0 bridgehead atoms. The number of aromatic nitrogens is 1. The molecule has 0 aliphatic rings. The molecule has 1 heterocycles. The van der Waals surface area contributed by atoms with Crippen LogP contribution in [-0.4, -0.2) is 4.98 Å². The Bertz CT molecular complexity index is 787. The van der Waals surface area contributed by atoms with E-state index >= 15 is 0 Å². The van der Waals surface area contributed by atoms with Crippen LogP contribution in [0.2, 0.25) is 5.02 Å². The lowest BCUT2D eigenvalue weighted by Gasteiger charge is -2.12. The van der Waals surface area contributed by atoms with E-state index in [0.717, 1.165) is 27.8 Å². The van der Waals surface area contributed by atoms with Crippen molar-refractivity contribution in [1.82, 2.24) is 4.98 Å². The summed E-state index contributed by atoms with van der Waals surface area (Å²) in [5, 5.41) is 4.73. The van der Waals surface area contributed by atoms with Gasteiger partial charge in [0.1, 0.15) is 5.82 Å². The Balaban J connectivity index is 2.11. The first-order chi connectivity index (χ1) is 9.65. The van der Waals surface area contributed by atoms with Gasteiger partial charge in [0, 0.05) is 28.0 Å². The number of halogens is 2. The molecule has 0 aliphatic carbocycles. The van der Waals surface area contributed by atoms with Crippen LogP contribution in [0.15, 0.2) is 48.7 Å². The predicted octanol–water partition coefficient (Wildman–Crippen LogP) is 5.08. The van der Waals surface area contributed by atoms with Crippen LogP contribution in [0, 0.1) is 12.7 Å². The van der Waals surface area contributed by atoms with E-state index in [2.05, 4.69) is 10.3 Å². The third-order valence-corrected chi connectivity index (χ3v) is 3.65. The van der Waals surface area contributed by atoms with Gasteiger partial charge in [-0.1, -0.05) is 17.7 Å². The highest BCUT2D eigenvalue weighted by atomic mass is 35.5. The van der Waals surface area contributed by atoms with Gasteiger partial charge in [0.15, 0.2) is 0 Å². The second-order valence-corrected chi connectivity index (χ2v) is 4.96. The average Bonchev–Trinajstić information content (AvgIpc) is 2.44. The maximum Gasteiger partial charge on any atom is 0.124 e. The van der Waals surface area contributed by atoms with Crippen LogP contribution in [0.4, 0.5) is 15.8 Å². The molecule has 20 heavy (non-hydrogen) atoms. The summed E-state index contributed by atoms with van der Waals surface area (Å²) in [6.07, 6.45) is 1.70. The lowest BCUT2D eigenvalue weighted by Crippen LogP contribution is -1.95. The van der Waals surface area contributed by atoms with Gasteiger partial charge in [-0.3, -0.25) is 4.98 Å². The van der Waals surface area contributed by atoms with Gasteiger partial charge in [-0.05, 0) is 48.9 Å². The van der Waals surface area contributed by atoms with Crippen molar-refractivity contribution in [3.8, 4) is 0 Å². The highest BCUT2D eigenvalue weighted by Gasteiger charge is 2.06. The number of fused-ring (bicyclic) bond motifs is 1. The summed E-state index contributed by atoms with van der Waals surface area (Å²) in [5.74, 6) is -0.281. The first-order valence-corrected chi connectivity index (χ1v) is 6.59. The molecule has 0 atom stereocenters. The Hall–Kier alpha value is -2.13. The predicted molar refractivity (Wildman–Crippen MR) is 81.2 cm³/mol. The topological polar surface area (TPSA) is 24.9 Å². The fraction of sp³-hybridized carbons (Fsp3) is 0.0625. The summed E-state index contributed by atoms with van der Waals surface area (Å²) in [4.78, 5) is 4.23. The Labute approximate surface area is 121 Å². The minimum absolute atomic E-state index is 0.281. The van der Waals surface area contributed by atoms with Crippen LogP contribution in [0.3, 0.4) is 0 Å². The fourth-order valence-electron chi connectivity index (χ4n) is 2.12. The van der Waals surface area contributed by atoms with Gasteiger partial charge in [-0.25, -0.2) is 4.39 Å². The first kappa shape index (κ1) is 12.9. The van der Waals surface area contributed by atoms with Crippen LogP contribution >= 0.6 is 11.6 Å². The van der Waals surface area contributed by atoms with Crippen molar-refractivity contribution >= 4 is 33.9 Å². The molecule has 3 aromatic rings. The number of hydrogen-bond acceptors (Lipinski definition) is 2. The van der Waals surface area contributed by atoms with Crippen molar-refractivity contribution in [3.63, 3.8) is 0 Å². The molecule has 4 heteroatoms. The Kier molecular flexibility index (Phi) is 3.28. The van der Waals surface area contributed by atoms with Crippen LogP contribution in [0.5, 0.6) is 0 Å². The van der Waals surface area contributed by atoms with Crippen molar-refractivity contribution in [2.45, 2.75) is 6.92 Å². The van der Waals surface area contributed by atoms with Crippen LogP contribution < -0.4 is 5.32 Å². The zero-order chi connectivity index (χ0) is 14.1. The summed E-state index contributed by atoms with van der Waals surface area (Å²) in [7, 11) is 0. The van der Waals surface area contributed by atoms with Gasteiger partial charge in [0.2, 0.25) is 0 Å². The third kappa shape index (κ3) is 2.32. The van der Waals surface area contributed by atoms with E-state index in [1.807, 2.05) is 31.2 Å². The molecule has 0 radical (unpaired) electrons. The molecule has 0 amide bonds. The molecule has 0 unspecified atom stereocenters. The Morgan fingerprint density at radius 2 is 1.95 bits per heavy atom. The smallest absolute Gasteiger partial charge is 0.124 e. The number of anilines is 2. The summed E-state index contributed by atoms with van der Waals surface area (Å²) in [6.45, 7) is 1.94. The monoisotopic (exact) mass is 286 g/mol. The number of rotatable bonds is 2. The fourth-order valence-corrected chi connectivity index (χ4v) is 2.29. The van der Waals surface area contributed by atoms with Gasteiger partial charge in [0.05, 0.1) is 5.52 Å². The second-order valence-electron chi connectivity index (χ2n) is 4.56. The van der Waals surface area contributed by atoms with Crippen molar-refractivity contribution < 1.29 is 4.39 Å². The van der Waals surface area contributed by atoms with Gasteiger partial charge >= 0.3 is 0 Å². The number of hydrogen-bond donors (Lipinski definition) is 1. The Morgan fingerprint density at radius 1 is 1.10 bits per heavy atom. The van der Waals surface area contributed by atoms with Crippen molar-refractivity contribution in [3.05, 3.63) is 65.1 Å². The van der Waals surface area contributed by atoms with E-state index in [0.29, 0.717) is 5.02 Å². The van der Waals surface area contributed by atoms with Crippen LogP contribution in [0.25, 0.3) is 10.9 Å². The molecule has 100 valence electrons. The lowest BCUT2D eigenvalue weighted by atomic mass is 10.1. The molecule has 1 aromatic heterocycles. The summed E-state index contributed by atoms with van der Waals surface area (Å²) in [6, 6.07) is 12.0.